The average Bonchev–Trinajstić information content (AvgIpc) is 2.62. The van der Waals surface area contributed by atoms with Crippen molar-refractivity contribution in [3.8, 4) is 11.5 Å². The van der Waals surface area contributed by atoms with Crippen molar-refractivity contribution in [1.29, 1.82) is 0 Å². The monoisotopic (exact) mass is 400 g/mol. The van der Waals surface area contributed by atoms with Gasteiger partial charge in [0.25, 0.3) is 0 Å². The van der Waals surface area contributed by atoms with E-state index in [4.69, 9.17) is 15.2 Å². The molecule has 29 heavy (non-hydrogen) atoms. The van der Waals surface area contributed by atoms with Crippen LogP contribution in [0.5, 0.6) is 11.5 Å². The number of benzene rings is 1. The Morgan fingerprint density at radius 1 is 1.03 bits per heavy atom. The molecule has 3 rings (SSSR count). The molecule has 1 aromatic heterocycles. The van der Waals surface area contributed by atoms with Gasteiger partial charge in [-0.3, -0.25) is 0 Å². The van der Waals surface area contributed by atoms with E-state index in [0.717, 1.165) is 18.5 Å². The van der Waals surface area contributed by atoms with Gasteiger partial charge in [-0.05, 0) is 52.7 Å². The molecule has 8 heteroatoms. The maximum absolute atomic E-state index is 6.40. The van der Waals surface area contributed by atoms with E-state index in [0.29, 0.717) is 28.8 Å². The van der Waals surface area contributed by atoms with Gasteiger partial charge >= 0.3 is 0 Å². The minimum Gasteiger partial charge on any atom is -0.497 e. The lowest BCUT2D eigenvalue weighted by Gasteiger charge is -2.46. The van der Waals surface area contributed by atoms with Crippen LogP contribution < -0.4 is 31.2 Å². The van der Waals surface area contributed by atoms with Crippen molar-refractivity contribution in [2.24, 2.45) is 0 Å². The average molecular weight is 401 g/mol. The van der Waals surface area contributed by atoms with Gasteiger partial charge in [-0.2, -0.15) is 0 Å². The van der Waals surface area contributed by atoms with E-state index in [1.54, 1.807) is 20.3 Å². The van der Waals surface area contributed by atoms with Gasteiger partial charge in [-0.1, -0.05) is 0 Å². The molecule has 0 radical (unpaired) electrons. The van der Waals surface area contributed by atoms with Crippen LogP contribution in [0.15, 0.2) is 24.5 Å². The highest BCUT2D eigenvalue weighted by Crippen LogP contribution is 2.35. The molecule has 1 saturated heterocycles. The fourth-order valence-electron chi connectivity index (χ4n) is 4.26. The molecule has 158 valence electrons. The molecule has 1 aliphatic heterocycles. The normalized spacial score (nSPS) is 18.1. The number of nitrogens with one attached hydrogen (secondary N) is 3. The fraction of sp³-hybridized carbons (Fsp3) is 0.524. The number of hydrogen-bond donors (Lipinski definition) is 4. The molecule has 0 amide bonds. The summed E-state index contributed by atoms with van der Waals surface area (Å²) in [5.74, 6) is 2.51. The molecular formula is C21H32N6O2. The molecular weight excluding hydrogens is 368 g/mol. The molecule has 1 aromatic carbocycles. The van der Waals surface area contributed by atoms with Crippen molar-refractivity contribution >= 4 is 23.0 Å². The maximum Gasteiger partial charge on any atom is 0.159 e. The van der Waals surface area contributed by atoms with E-state index in [2.05, 4.69) is 53.6 Å². The topological polar surface area (TPSA) is 106 Å². The summed E-state index contributed by atoms with van der Waals surface area (Å²) in [6.45, 7) is 8.87. The van der Waals surface area contributed by atoms with Gasteiger partial charge in [0.1, 0.15) is 23.5 Å². The van der Waals surface area contributed by atoms with Crippen LogP contribution in [0.1, 0.15) is 40.5 Å². The quantitative estimate of drug-likeness (QED) is 0.583. The summed E-state index contributed by atoms with van der Waals surface area (Å²) < 4.78 is 10.7. The number of anilines is 4. The number of methoxy groups -OCH3 is 2. The largest absolute Gasteiger partial charge is 0.497 e. The van der Waals surface area contributed by atoms with Crippen molar-refractivity contribution in [2.75, 3.05) is 30.6 Å². The van der Waals surface area contributed by atoms with Gasteiger partial charge < -0.3 is 31.2 Å². The van der Waals surface area contributed by atoms with Crippen LogP contribution in [0.25, 0.3) is 0 Å². The van der Waals surface area contributed by atoms with E-state index >= 15 is 0 Å². The first-order valence-corrected chi connectivity index (χ1v) is 9.78. The molecule has 5 N–H and O–H groups in total. The molecule has 1 aliphatic rings. The van der Waals surface area contributed by atoms with Crippen LogP contribution in [0, 0.1) is 0 Å². The third-order valence-corrected chi connectivity index (χ3v) is 5.08. The van der Waals surface area contributed by atoms with Gasteiger partial charge in [-0.15, -0.1) is 0 Å². The van der Waals surface area contributed by atoms with Gasteiger partial charge in [0.2, 0.25) is 0 Å². The summed E-state index contributed by atoms with van der Waals surface area (Å²) >= 11 is 0. The number of piperidine rings is 1. The highest BCUT2D eigenvalue weighted by atomic mass is 16.5. The molecule has 0 atom stereocenters. The van der Waals surface area contributed by atoms with Crippen molar-refractivity contribution in [3.05, 3.63) is 24.5 Å². The predicted octanol–water partition coefficient (Wildman–Crippen LogP) is 3.54. The van der Waals surface area contributed by atoms with Crippen LogP contribution in [-0.2, 0) is 0 Å². The number of nitrogens with two attached hydrogens (primary N) is 1. The Labute approximate surface area is 172 Å². The zero-order chi connectivity index (χ0) is 21.2. The van der Waals surface area contributed by atoms with Crippen LogP contribution in [0.4, 0.5) is 23.0 Å². The minimum absolute atomic E-state index is 0.0265. The lowest BCUT2D eigenvalue weighted by atomic mass is 9.79. The summed E-state index contributed by atoms with van der Waals surface area (Å²) in [5.41, 5.74) is 7.67. The number of hydrogen-bond acceptors (Lipinski definition) is 8. The Bertz CT molecular complexity index is 852. The number of rotatable bonds is 6. The molecule has 2 aromatic rings. The molecule has 1 fully saturated rings. The molecule has 2 heterocycles. The van der Waals surface area contributed by atoms with E-state index in [1.807, 2.05) is 12.1 Å². The predicted molar refractivity (Wildman–Crippen MR) is 117 cm³/mol. The first kappa shape index (κ1) is 21.0. The first-order chi connectivity index (χ1) is 13.6. The van der Waals surface area contributed by atoms with E-state index < -0.39 is 0 Å². The lowest BCUT2D eigenvalue weighted by Crippen LogP contribution is -2.60. The second-order valence-corrected chi connectivity index (χ2v) is 8.82. The standard InChI is InChI=1S/C21H32N6O2/c1-20(2)10-13(11-21(3,4)27-20)25-18-17(22)19(24-12-23-18)26-15-8-7-14(28-5)9-16(15)29-6/h7-9,12-13,27H,10-11,22H2,1-6H3,(H2,23,24,25,26). The van der Waals surface area contributed by atoms with Gasteiger partial charge in [-0.25, -0.2) is 9.97 Å². The summed E-state index contributed by atoms with van der Waals surface area (Å²) in [4.78, 5) is 8.70. The fourth-order valence-corrected chi connectivity index (χ4v) is 4.26. The molecule has 0 aliphatic carbocycles. The Morgan fingerprint density at radius 2 is 1.69 bits per heavy atom. The molecule has 0 spiro atoms. The van der Waals surface area contributed by atoms with Crippen molar-refractivity contribution in [3.63, 3.8) is 0 Å². The van der Waals surface area contributed by atoms with Gasteiger partial charge in [0.05, 0.1) is 19.9 Å². The Hall–Kier alpha value is -2.74. The van der Waals surface area contributed by atoms with Gasteiger partial charge in [0.15, 0.2) is 11.6 Å². The molecule has 0 saturated carbocycles. The van der Waals surface area contributed by atoms with Crippen LogP contribution in [-0.4, -0.2) is 41.3 Å². The summed E-state index contributed by atoms with van der Waals surface area (Å²) in [5, 5.41) is 10.5. The Kier molecular flexibility index (Phi) is 5.75. The Balaban J connectivity index is 1.82. The summed E-state index contributed by atoms with van der Waals surface area (Å²) in [6.07, 6.45) is 3.44. The number of nitrogen functional groups attached to an aromatic ring is 1. The maximum atomic E-state index is 6.40. The number of ether oxygens (including phenoxy) is 2. The van der Waals surface area contributed by atoms with E-state index in [9.17, 15) is 0 Å². The number of aromatic nitrogens is 2. The van der Waals surface area contributed by atoms with Crippen LogP contribution in [0.3, 0.4) is 0 Å². The third kappa shape index (κ3) is 5.00. The molecule has 0 unspecified atom stereocenters. The van der Waals surface area contributed by atoms with Crippen LogP contribution in [0.2, 0.25) is 0 Å². The smallest absolute Gasteiger partial charge is 0.159 e. The highest BCUT2D eigenvalue weighted by Gasteiger charge is 2.37. The summed E-state index contributed by atoms with van der Waals surface area (Å²) in [6, 6.07) is 5.77. The van der Waals surface area contributed by atoms with Crippen LogP contribution >= 0.6 is 0 Å². The number of nitrogens with zero attached hydrogens (tertiary/aromatic N) is 2. The third-order valence-electron chi connectivity index (χ3n) is 5.08. The SMILES string of the molecule is COc1ccc(Nc2ncnc(NC3CC(C)(C)NC(C)(C)C3)c2N)c(OC)c1. The summed E-state index contributed by atoms with van der Waals surface area (Å²) in [7, 11) is 3.22. The zero-order valence-corrected chi connectivity index (χ0v) is 18.1. The second-order valence-electron chi connectivity index (χ2n) is 8.82. The van der Waals surface area contributed by atoms with Crippen molar-refractivity contribution < 1.29 is 9.47 Å². The van der Waals surface area contributed by atoms with Crippen molar-refractivity contribution in [1.82, 2.24) is 15.3 Å². The zero-order valence-electron chi connectivity index (χ0n) is 18.1. The van der Waals surface area contributed by atoms with E-state index in [1.165, 1.54) is 6.33 Å². The van der Waals surface area contributed by atoms with Gasteiger partial charge in [0, 0.05) is 23.2 Å². The molecule has 0 bridgehead atoms. The highest BCUT2D eigenvalue weighted by molar-refractivity contribution is 5.79. The lowest BCUT2D eigenvalue weighted by molar-refractivity contribution is 0.170. The first-order valence-electron chi connectivity index (χ1n) is 9.78. The minimum atomic E-state index is 0.0265. The Morgan fingerprint density at radius 3 is 2.31 bits per heavy atom. The molecule has 8 nitrogen and oxygen atoms in total. The van der Waals surface area contributed by atoms with Crippen molar-refractivity contribution in [2.45, 2.75) is 57.7 Å². The second kappa shape index (κ2) is 7.94. The van der Waals surface area contributed by atoms with E-state index in [-0.39, 0.29) is 17.1 Å².